The number of benzene rings is 2. The fourth-order valence-corrected chi connectivity index (χ4v) is 3.50. The van der Waals surface area contributed by atoms with Gasteiger partial charge in [0.05, 0.1) is 17.8 Å². The van der Waals surface area contributed by atoms with Crippen LogP contribution in [0.2, 0.25) is 5.02 Å². The van der Waals surface area contributed by atoms with Crippen molar-refractivity contribution in [3.63, 3.8) is 0 Å². The lowest BCUT2D eigenvalue weighted by atomic mass is 10.1. The number of nitrogens with one attached hydrogen (secondary N) is 1. The Balaban J connectivity index is 1.52. The van der Waals surface area contributed by atoms with E-state index in [1.54, 1.807) is 41.8 Å². The number of hydrogen-bond acceptors (Lipinski definition) is 6. The number of rotatable bonds is 7. The summed E-state index contributed by atoms with van der Waals surface area (Å²) in [7, 11) is 0. The van der Waals surface area contributed by atoms with Crippen LogP contribution >= 0.6 is 22.9 Å². The van der Waals surface area contributed by atoms with Crippen molar-refractivity contribution >= 4 is 46.3 Å². The van der Waals surface area contributed by atoms with Crippen molar-refractivity contribution in [2.45, 2.75) is 13.3 Å². The lowest BCUT2D eigenvalue weighted by molar-refractivity contribution is -0.146. The number of hydrogen-bond donors (Lipinski definition) is 1. The number of amides is 1. The summed E-state index contributed by atoms with van der Waals surface area (Å²) in [6, 6.07) is 13.9. The molecule has 0 saturated heterocycles. The highest BCUT2D eigenvalue weighted by Crippen LogP contribution is 2.25. The Kier molecular flexibility index (Phi) is 6.74. The third-order valence-electron chi connectivity index (χ3n) is 3.91. The molecule has 3 aromatic rings. The van der Waals surface area contributed by atoms with E-state index in [9.17, 15) is 14.4 Å². The number of aromatic nitrogens is 1. The van der Waals surface area contributed by atoms with Crippen LogP contribution < -0.4 is 5.32 Å². The first-order chi connectivity index (χ1) is 13.9. The van der Waals surface area contributed by atoms with Crippen LogP contribution in [0.5, 0.6) is 0 Å². The number of Topliss-reactive ketones (excluding diaryl/α,β-unsaturated/α-hetero) is 1. The van der Waals surface area contributed by atoms with Crippen LogP contribution in [-0.4, -0.2) is 29.3 Å². The molecule has 3 rings (SSSR count). The maximum atomic E-state index is 12.0. The van der Waals surface area contributed by atoms with Crippen molar-refractivity contribution < 1.29 is 19.1 Å². The van der Waals surface area contributed by atoms with Crippen molar-refractivity contribution in [2.75, 3.05) is 11.9 Å². The number of anilines is 1. The molecule has 0 atom stereocenters. The number of carbonyl (C=O) groups excluding carboxylic acids is 3. The van der Waals surface area contributed by atoms with Crippen LogP contribution in [0, 0.1) is 0 Å². The van der Waals surface area contributed by atoms with Gasteiger partial charge in [-0.15, -0.1) is 11.3 Å². The molecule has 0 saturated carbocycles. The second-order valence-corrected chi connectivity index (χ2v) is 7.43. The summed E-state index contributed by atoms with van der Waals surface area (Å²) in [5.74, 6) is -1.25. The van der Waals surface area contributed by atoms with E-state index >= 15 is 0 Å². The Morgan fingerprint density at radius 2 is 1.83 bits per heavy atom. The smallest absolute Gasteiger partial charge is 0.312 e. The third kappa shape index (κ3) is 5.73. The molecule has 0 radical (unpaired) electrons. The molecule has 0 aliphatic rings. The Hall–Kier alpha value is -3.03. The van der Waals surface area contributed by atoms with Crippen molar-refractivity contribution in [3.05, 3.63) is 70.2 Å². The number of carbonyl (C=O) groups is 3. The van der Waals surface area contributed by atoms with Gasteiger partial charge in [0.1, 0.15) is 5.01 Å². The van der Waals surface area contributed by atoms with Gasteiger partial charge in [0.25, 0.3) is 5.91 Å². The second kappa shape index (κ2) is 9.45. The van der Waals surface area contributed by atoms with Crippen LogP contribution in [0.1, 0.15) is 23.0 Å². The van der Waals surface area contributed by atoms with E-state index in [1.807, 2.05) is 12.1 Å². The molecule has 0 fully saturated rings. The van der Waals surface area contributed by atoms with E-state index in [0.717, 1.165) is 10.6 Å². The van der Waals surface area contributed by atoms with Gasteiger partial charge >= 0.3 is 5.97 Å². The third-order valence-corrected chi connectivity index (χ3v) is 5.11. The second-order valence-electron chi connectivity index (χ2n) is 6.14. The lowest BCUT2D eigenvalue weighted by Crippen LogP contribution is -2.22. The van der Waals surface area contributed by atoms with E-state index in [-0.39, 0.29) is 12.2 Å². The van der Waals surface area contributed by atoms with Gasteiger partial charge in [-0.05, 0) is 31.2 Å². The highest BCUT2D eigenvalue weighted by molar-refractivity contribution is 7.13. The fraction of sp³-hybridized carbons (Fsp3) is 0.143. The Labute approximate surface area is 176 Å². The van der Waals surface area contributed by atoms with E-state index in [4.69, 9.17) is 16.3 Å². The topological polar surface area (TPSA) is 85.4 Å². The van der Waals surface area contributed by atoms with E-state index in [1.165, 1.54) is 18.3 Å². The molecule has 1 N–H and O–H groups in total. The van der Waals surface area contributed by atoms with Crippen molar-refractivity contribution in [1.29, 1.82) is 0 Å². The number of ether oxygens (including phenoxy) is 1. The van der Waals surface area contributed by atoms with Gasteiger partial charge < -0.3 is 10.1 Å². The standard InChI is InChI=1S/C21H17ClN2O4S/c1-13(25)17-4-2-3-5-18(17)24-19(26)11-28-20(27)10-16-12-29-21(23-16)14-6-8-15(22)9-7-14/h2-9,12H,10-11H2,1H3,(H,24,26). The van der Waals surface area contributed by atoms with Crippen LogP contribution in [-0.2, 0) is 20.7 Å². The average Bonchev–Trinajstić information content (AvgIpc) is 3.15. The zero-order valence-corrected chi connectivity index (χ0v) is 17.0. The number of esters is 1. The number of thiazole rings is 1. The molecule has 0 spiro atoms. The van der Waals surface area contributed by atoms with Gasteiger partial charge in [-0.3, -0.25) is 14.4 Å². The van der Waals surface area contributed by atoms with Crippen molar-refractivity contribution in [2.24, 2.45) is 0 Å². The minimum atomic E-state index is -0.562. The molecule has 29 heavy (non-hydrogen) atoms. The van der Waals surface area contributed by atoms with E-state index in [2.05, 4.69) is 10.3 Å². The largest absolute Gasteiger partial charge is 0.455 e. The van der Waals surface area contributed by atoms with E-state index in [0.29, 0.717) is 22.0 Å². The highest BCUT2D eigenvalue weighted by atomic mass is 35.5. The van der Waals surface area contributed by atoms with Crippen molar-refractivity contribution in [3.8, 4) is 10.6 Å². The minimum absolute atomic E-state index is 0.0403. The van der Waals surface area contributed by atoms with Crippen LogP contribution in [0.3, 0.4) is 0 Å². The molecule has 6 nitrogen and oxygen atoms in total. The SMILES string of the molecule is CC(=O)c1ccccc1NC(=O)COC(=O)Cc1csc(-c2ccc(Cl)cc2)n1. The lowest BCUT2D eigenvalue weighted by Gasteiger charge is -2.09. The first-order valence-corrected chi connectivity index (χ1v) is 9.94. The first-order valence-electron chi connectivity index (χ1n) is 8.68. The summed E-state index contributed by atoms with van der Waals surface area (Å²) in [6.07, 6.45) is -0.0403. The molecule has 1 heterocycles. The number of nitrogens with zero attached hydrogens (tertiary/aromatic N) is 1. The van der Waals surface area contributed by atoms with Gasteiger partial charge in [-0.1, -0.05) is 35.9 Å². The molecule has 148 valence electrons. The van der Waals surface area contributed by atoms with Crippen LogP contribution in [0.4, 0.5) is 5.69 Å². The summed E-state index contributed by atoms with van der Waals surface area (Å²) in [4.78, 5) is 40.1. The molecule has 8 heteroatoms. The normalized spacial score (nSPS) is 10.4. The van der Waals surface area contributed by atoms with Gasteiger partial charge in [0, 0.05) is 21.5 Å². The van der Waals surface area contributed by atoms with Crippen LogP contribution in [0.15, 0.2) is 53.9 Å². The monoisotopic (exact) mass is 428 g/mol. The zero-order chi connectivity index (χ0) is 20.8. The molecule has 2 aromatic carbocycles. The summed E-state index contributed by atoms with van der Waals surface area (Å²) in [5.41, 5.74) is 2.24. The molecule has 0 aliphatic carbocycles. The fourth-order valence-electron chi connectivity index (χ4n) is 2.54. The maximum absolute atomic E-state index is 12.0. The van der Waals surface area contributed by atoms with Gasteiger partial charge in [-0.2, -0.15) is 0 Å². The van der Waals surface area contributed by atoms with Gasteiger partial charge in [-0.25, -0.2) is 4.98 Å². The first kappa shape index (κ1) is 20.7. The molecule has 0 unspecified atom stereocenters. The number of ketones is 1. The summed E-state index contributed by atoms with van der Waals surface area (Å²) < 4.78 is 5.02. The molecular formula is C21H17ClN2O4S. The number of halogens is 1. The molecule has 0 aliphatic heterocycles. The Bertz CT molecular complexity index is 1050. The molecule has 1 aromatic heterocycles. The maximum Gasteiger partial charge on any atom is 0.312 e. The number of para-hydroxylation sites is 1. The summed E-state index contributed by atoms with van der Waals surface area (Å²) in [6.45, 7) is 0.969. The molecule has 1 amide bonds. The van der Waals surface area contributed by atoms with Gasteiger partial charge in [0.2, 0.25) is 0 Å². The molecular weight excluding hydrogens is 412 g/mol. The summed E-state index contributed by atoms with van der Waals surface area (Å²) in [5, 5.41) is 5.76. The van der Waals surface area contributed by atoms with Crippen molar-refractivity contribution in [1.82, 2.24) is 4.98 Å². The predicted molar refractivity (Wildman–Crippen MR) is 112 cm³/mol. The Morgan fingerprint density at radius 1 is 1.10 bits per heavy atom. The minimum Gasteiger partial charge on any atom is -0.455 e. The predicted octanol–water partition coefficient (Wildman–Crippen LogP) is 4.39. The zero-order valence-electron chi connectivity index (χ0n) is 15.5. The summed E-state index contributed by atoms with van der Waals surface area (Å²) >= 11 is 7.29. The average molecular weight is 429 g/mol. The highest BCUT2D eigenvalue weighted by Gasteiger charge is 2.14. The van der Waals surface area contributed by atoms with E-state index < -0.39 is 18.5 Å². The van der Waals surface area contributed by atoms with Gasteiger partial charge in [0.15, 0.2) is 12.4 Å². The molecule has 0 bridgehead atoms. The quantitative estimate of drug-likeness (QED) is 0.445. The van der Waals surface area contributed by atoms with Crippen LogP contribution in [0.25, 0.3) is 10.6 Å². The Morgan fingerprint density at radius 3 is 2.55 bits per heavy atom.